The molecular formula is C12H18ClNO. The summed E-state index contributed by atoms with van der Waals surface area (Å²) < 4.78 is 5.31. The van der Waals surface area contributed by atoms with E-state index in [4.69, 9.17) is 16.3 Å². The summed E-state index contributed by atoms with van der Waals surface area (Å²) in [5.74, 6) is 1.66. The van der Waals surface area contributed by atoms with Crippen molar-refractivity contribution in [1.82, 2.24) is 0 Å². The van der Waals surface area contributed by atoms with Gasteiger partial charge in [-0.15, -0.1) is 11.6 Å². The van der Waals surface area contributed by atoms with Gasteiger partial charge in [-0.05, 0) is 25.0 Å². The predicted octanol–water partition coefficient (Wildman–Crippen LogP) is 3.15. The van der Waals surface area contributed by atoms with Crippen molar-refractivity contribution in [2.45, 2.75) is 12.8 Å². The molecule has 0 amide bonds. The predicted molar refractivity (Wildman–Crippen MR) is 66.2 cm³/mol. The highest BCUT2D eigenvalue weighted by atomic mass is 35.5. The minimum absolute atomic E-state index is 0.736. The van der Waals surface area contributed by atoms with Crippen LogP contribution in [-0.2, 0) is 0 Å². The third kappa shape index (κ3) is 3.63. The molecule has 0 fully saturated rings. The summed E-state index contributed by atoms with van der Waals surface area (Å²) in [6.45, 7) is 1.01. The lowest BCUT2D eigenvalue weighted by molar-refractivity contribution is 0.414. The summed E-state index contributed by atoms with van der Waals surface area (Å²) in [5, 5.41) is 0. The first-order valence-electron chi connectivity index (χ1n) is 5.19. The fourth-order valence-corrected chi connectivity index (χ4v) is 1.70. The van der Waals surface area contributed by atoms with Gasteiger partial charge in [0, 0.05) is 19.5 Å². The Balaban J connectivity index is 2.59. The molecule has 0 bridgehead atoms. The maximum atomic E-state index is 5.65. The van der Waals surface area contributed by atoms with Crippen LogP contribution in [0, 0.1) is 0 Å². The second kappa shape index (κ2) is 6.57. The van der Waals surface area contributed by atoms with E-state index < -0.39 is 0 Å². The van der Waals surface area contributed by atoms with Crippen molar-refractivity contribution in [2.75, 3.05) is 31.5 Å². The van der Waals surface area contributed by atoms with Crippen molar-refractivity contribution >= 4 is 17.3 Å². The third-order valence-electron chi connectivity index (χ3n) is 2.37. The second-order valence-corrected chi connectivity index (χ2v) is 3.87. The Morgan fingerprint density at radius 1 is 1.27 bits per heavy atom. The van der Waals surface area contributed by atoms with E-state index in [1.54, 1.807) is 7.11 Å². The van der Waals surface area contributed by atoms with Gasteiger partial charge < -0.3 is 9.64 Å². The van der Waals surface area contributed by atoms with Crippen LogP contribution in [0.25, 0.3) is 0 Å². The number of hydrogen-bond acceptors (Lipinski definition) is 2. The molecule has 0 radical (unpaired) electrons. The number of benzene rings is 1. The number of methoxy groups -OCH3 is 1. The number of halogens is 1. The molecule has 1 aromatic carbocycles. The molecule has 0 unspecified atom stereocenters. The Kier molecular flexibility index (Phi) is 5.33. The zero-order chi connectivity index (χ0) is 11.1. The van der Waals surface area contributed by atoms with E-state index in [9.17, 15) is 0 Å². The minimum atomic E-state index is 0.736. The van der Waals surface area contributed by atoms with Crippen molar-refractivity contribution in [3.63, 3.8) is 0 Å². The van der Waals surface area contributed by atoms with Crippen LogP contribution in [-0.4, -0.2) is 26.6 Å². The van der Waals surface area contributed by atoms with E-state index >= 15 is 0 Å². The zero-order valence-corrected chi connectivity index (χ0v) is 10.1. The smallest absolute Gasteiger partial charge is 0.142 e. The van der Waals surface area contributed by atoms with E-state index in [2.05, 4.69) is 18.0 Å². The van der Waals surface area contributed by atoms with E-state index in [0.29, 0.717) is 0 Å². The first kappa shape index (κ1) is 12.2. The summed E-state index contributed by atoms with van der Waals surface area (Å²) in [6, 6.07) is 8.05. The van der Waals surface area contributed by atoms with Crippen LogP contribution in [0.4, 0.5) is 5.69 Å². The summed E-state index contributed by atoms with van der Waals surface area (Å²) in [5.41, 5.74) is 1.13. The Bertz CT molecular complexity index is 291. The highest BCUT2D eigenvalue weighted by molar-refractivity contribution is 6.17. The van der Waals surface area contributed by atoms with Crippen LogP contribution in [0.2, 0.25) is 0 Å². The molecule has 84 valence electrons. The average Bonchev–Trinajstić information content (AvgIpc) is 2.29. The third-order valence-corrected chi connectivity index (χ3v) is 2.64. The topological polar surface area (TPSA) is 12.5 Å². The first-order chi connectivity index (χ1) is 7.29. The molecule has 0 aliphatic carbocycles. The minimum Gasteiger partial charge on any atom is -0.495 e. The molecule has 0 saturated carbocycles. The summed E-state index contributed by atoms with van der Waals surface area (Å²) >= 11 is 5.65. The number of anilines is 1. The molecule has 0 aromatic heterocycles. The van der Waals surface area contributed by atoms with Gasteiger partial charge >= 0.3 is 0 Å². The lowest BCUT2D eigenvalue weighted by Crippen LogP contribution is -2.19. The van der Waals surface area contributed by atoms with E-state index in [1.807, 2.05) is 18.2 Å². The SMILES string of the molecule is COc1ccccc1N(C)CCCCCl. The molecule has 3 heteroatoms. The quantitative estimate of drug-likeness (QED) is 0.547. The van der Waals surface area contributed by atoms with Crippen molar-refractivity contribution in [2.24, 2.45) is 0 Å². The molecule has 0 saturated heterocycles. The number of nitrogens with zero attached hydrogens (tertiary/aromatic N) is 1. The Morgan fingerprint density at radius 3 is 2.67 bits per heavy atom. The molecule has 2 nitrogen and oxygen atoms in total. The molecule has 0 aliphatic rings. The van der Waals surface area contributed by atoms with Crippen LogP contribution in [0.3, 0.4) is 0 Å². The Labute approximate surface area is 96.8 Å². The number of para-hydroxylation sites is 2. The monoisotopic (exact) mass is 227 g/mol. The van der Waals surface area contributed by atoms with Crippen LogP contribution >= 0.6 is 11.6 Å². The van der Waals surface area contributed by atoms with Crippen LogP contribution in [0.1, 0.15) is 12.8 Å². The van der Waals surface area contributed by atoms with Crippen LogP contribution in [0.15, 0.2) is 24.3 Å². The summed E-state index contributed by atoms with van der Waals surface area (Å²) in [7, 11) is 3.78. The number of ether oxygens (including phenoxy) is 1. The van der Waals surface area contributed by atoms with Crippen LogP contribution < -0.4 is 9.64 Å². The maximum absolute atomic E-state index is 5.65. The number of alkyl halides is 1. The highest BCUT2D eigenvalue weighted by Crippen LogP contribution is 2.26. The normalized spacial score (nSPS) is 10.1. The molecule has 0 atom stereocenters. The lowest BCUT2D eigenvalue weighted by atomic mass is 10.2. The standard InChI is InChI=1S/C12H18ClNO/c1-14(10-6-5-9-13)11-7-3-4-8-12(11)15-2/h3-4,7-8H,5-6,9-10H2,1-2H3. The fourth-order valence-electron chi connectivity index (χ4n) is 1.51. The fraction of sp³-hybridized carbons (Fsp3) is 0.500. The molecule has 0 spiro atoms. The molecule has 1 rings (SSSR count). The number of rotatable bonds is 6. The molecule has 0 N–H and O–H groups in total. The first-order valence-corrected chi connectivity index (χ1v) is 5.73. The van der Waals surface area contributed by atoms with E-state index in [0.717, 1.165) is 36.7 Å². The van der Waals surface area contributed by atoms with Gasteiger partial charge in [0.15, 0.2) is 0 Å². The average molecular weight is 228 g/mol. The van der Waals surface area contributed by atoms with E-state index in [1.165, 1.54) is 0 Å². The molecule has 0 aliphatic heterocycles. The number of hydrogen-bond donors (Lipinski definition) is 0. The van der Waals surface area contributed by atoms with Crippen molar-refractivity contribution in [3.8, 4) is 5.75 Å². The van der Waals surface area contributed by atoms with Crippen molar-refractivity contribution in [3.05, 3.63) is 24.3 Å². The zero-order valence-electron chi connectivity index (χ0n) is 9.37. The molecular weight excluding hydrogens is 210 g/mol. The molecule has 15 heavy (non-hydrogen) atoms. The molecule has 0 heterocycles. The highest BCUT2D eigenvalue weighted by Gasteiger charge is 2.05. The van der Waals surface area contributed by atoms with Crippen LogP contribution in [0.5, 0.6) is 5.75 Å². The lowest BCUT2D eigenvalue weighted by Gasteiger charge is -2.21. The van der Waals surface area contributed by atoms with Gasteiger partial charge in [0.25, 0.3) is 0 Å². The van der Waals surface area contributed by atoms with E-state index in [-0.39, 0.29) is 0 Å². The van der Waals surface area contributed by atoms with Crippen molar-refractivity contribution < 1.29 is 4.74 Å². The van der Waals surface area contributed by atoms with Crippen molar-refractivity contribution in [1.29, 1.82) is 0 Å². The van der Waals surface area contributed by atoms with Gasteiger partial charge in [0.1, 0.15) is 5.75 Å². The Hall–Kier alpha value is -0.890. The van der Waals surface area contributed by atoms with Gasteiger partial charge in [-0.3, -0.25) is 0 Å². The molecule has 1 aromatic rings. The van der Waals surface area contributed by atoms with Gasteiger partial charge in [0.2, 0.25) is 0 Å². The Morgan fingerprint density at radius 2 is 2.00 bits per heavy atom. The number of unbranched alkanes of at least 4 members (excludes halogenated alkanes) is 1. The van der Waals surface area contributed by atoms with Gasteiger partial charge in [0.05, 0.1) is 12.8 Å². The van der Waals surface area contributed by atoms with Gasteiger partial charge in [-0.1, -0.05) is 12.1 Å². The maximum Gasteiger partial charge on any atom is 0.142 e. The van der Waals surface area contributed by atoms with Gasteiger partial charge in [-0.2, -0.15) is 0 Å². The summed E-state index contributed by atoms with van der Waals surface area (Å²) in [4.78, 5) is 2.20. The largest absolute Gasteiger partial charge is 0.495 e. The summed E-state index contributed by atoms with van der Waals surface area (Å²) in [6.07, 6.45) is 2.17. The second-order valence-electron chi connectivity index (χ2n) is 3.49. The van der Waals surface area contributed by atoms with Gasteiger partial charge in [-0.25, -0.2) is 0 Å².